The Kier molecular flexibility index (Phi) is 4.47. The van der Waals surface area contributed by atoms with Crippen molar-refractivity contribution in [3.05, 3.63) is 28.3 Å². The second-order valence-corrected chi connectivity index (χ2v) is 7.37. The van der Waals surface area contributed by atoms with E-state index in [4.69, 9.17) is 26.1 Å². The molecule has 1 aliphatic carbocycles. The maximum atomic E-state index is 6.36. The first-order chi connectivity index (χ1) is 10.5. The van der Waals surface area contributed by atoms with Crippen LogP contribution in [0.2, 0.25) is 5.02 Å². The number of rotatable bonds is 5. The van der Waals surface area contributed by atoms with Crippen molar-refractivity contribution in [2.45, 2.75) is 45.1 Å². The molecule has 1 aliphatic heterocycles. The Morgan fingerprint density at radius 2 is 2.14 bits per heavy atom. The number of fused-ring (bicyclic) bond motifs is 3. The van der Waals surface area contributed by atoms with Gasteiger partial charge in [-0.3, -0.25) is 4.99 Å². The van der Waals surface area contributed by atoms with Gasteiger partial charge in [-0.2, -0.15) is 0 Å². The zero-order chi connectivity index (χ0) is 15.7. The summed E-state index contributed by atoms with van der Waals surface area (Å²) in [6, 6.07) is 4.50. The molecule has 0 radical (unpaired) electrons. The van der Waals surface area contributed by atoms with Gasteiger partial charge in [0.15, 0.2) is 0 Å². The highest BCUT2D eigenvalue weighted by molar-refractivity contribution is 6.32. The highest BCUT2D eigenvalue weighted by Gasteiger charge is 2.44. The average molecular weight is 322 g/mol. The van der Waals surface area contributed by atoms with E-state index in [0.717, 1.165) is 17.7 Å². The fourth-order valence-corrected chi connectivity index (χ4v) is 3.91. The minimum Gasteiger partial charge on any atom is -0.492 e. The normalized spacial score (nSPS) is 24.9. The summed E-state index contributed by atoms with van der Waals surface area (Å²) in [7, 11) is 1.70. The minimum atomic E-state index is 0.276. The van der Waals surface area contributed by atoms with Crippen LogP contribution in [0.1, 0.15) is 50.2 Å². The Balaban J connectivity index is 1.83. The van der Waals surface area contributed by atoms with Gasteiger partial charge in [-0.05, 0) is 41.5 Å². The standard InChI is InChI=1S/C18H24ClNO2/c1-18(2)6-5-13-14-10-16(22-8-4-7-21-3)15(19)9-12(14)11-20-17(13)18/h9-11,13,17H,4-8H2,1-3H3/t13-,17?/m0/s1. The lowest BCUT2D eigenvalue weighted by Crippen LogP contribution is -2.28. The highest BCUT2D eigenvalue weighted by Crippen LogP contribution is 2.51. The molecule has 2 atom stereocenters. The summed E-state index contributed by atoms with van der Waals surface area (Å²) < 4.78 is 10.9. The predicted octanol–water partition coefficient (Wildman–Crippen LogP) is 4.46. The zero-order valence-electron chi connectivity index (χ0n) is 13.6. The van der Waals surface area contributed by atoms with Gasteiger partial charge in [0.2, 0.25) is 0 Å². The van der Waals surface area contributed by atoms with E-state index in [2.05, 4.69) is 19.9 Å². The Labute approximate surface area is 137 Å². The van der Waals surface area contributed by atoms with E-state index in [1.54, 1.807) is 7.11 Å². The zero-order valence-corrected chi connectivity index (χ0v) is 14.3. The molecule has 0 saturated heterocycles. The Bertz CT molecular complexity index is 583. The van der Waals surface area contributed by atoms with Gasteiger partial charge < -0.3 is 9.47 Å². The van der Waals surface area contributed by atoms with E-state index >= 15 is 0 Å². The van der Waals surface area contributed by atoms with Crippen molar-refractivity contribution in [3.8, 4) is 5.75 Å². The van der Waals surface area contributed by atoms with Crippen LogP contribution in [0.3, 0.4) is 0 Å². The lowest BCUT2D eigenvalue weighted by molar-refractivity contribution is 0.172. The van der Waals surface area contributed by atoms with E-state index in [1.165, 1.54) is 18.4 Å². The van der Waals surface area contributed by atoms with E-state index in [9.17, 15) is 0 Å². The number of hydrogen-bond acceptors (Lipinski definition) is 3. The van der Waals surface area contributed by atoms with Crippen molar-refractivity contribution in [1.29, 1.82) is 0 Å². The van der Waals surface area contributed by atoms with Gasteiger partial charge >= 0.3 is 0 Å². The molecule has 2 aliphatic rings. The van der Waals surface area contributed by atoms with Crippen molar-refractivity contribution < 1.29 is 9.47 Å². The molecule has 0 N–H and O–H groups in total. The van der Waals surface area contributed by atoms with Crippen molar-refractivity contribution in [2.75, 3.05) is 20.3 Å². The molecule has 0 spiro atoms. The fourth-order valence-electron chi connectivity index (χ4n) is 3.68. The van der Waals surface area contributed by atoms with Crippen LogP contribution in [0, 0.1) is 5.41 Å². The quantitative estimate of drug-likeness (QED) is 0.750. The molecule has 4 heteroatoms. The van der Waals surface area contributed by atoms with Crippen molar-refractivity contribution in [1.82, 2.24) is 0 Å². The number of nitrogens with zero attached hydrogens (tertiary/aromatic N) is 1. The minimum absolute atomic E-state index is 0.276. The topological polar surface area (TPSA) is 30.8 Å². The van der Waals surface area contributed by atoms with E-state index in [1.807, 2.05) is 12.3 Å². The van der Waals surface area contributed by atoms with Crippen molar-refractivity contribution in [2.24, 2.45) is 10.4 Å². The summed E-state index contributed by atoms with van der Waals surface area (Å²) in [6.07, 6.45) is 5.26. The smallest absolute Gasteiger partial charge is 0.138 e. The maximum Gasteiger partial charge on any atom is 0.138 e. The Hall–Kier alpha value is -1.06. The van der Waals surface area contributed by atoms with Gasteiger partial charge in [-0.15, -0.1) is 0 Å². The lowest BCUT2D eigenvalue weighted by atomic mass is 9.80. The molecule has 0 bridgehead atoms. The van der Waals surface area contributed by atoms with Crippen LogP contribution >= 0.6 is 11.6 Å². The molecule has 1 fully saturated rings. The van der Waals surface area contributed by atoms with Crippen LogP contribution in [0.15, 0.2) is 17.1 Å². The van der Waals surface area contributed by atoms with Gasteiger partial charge in [0.25, 0.3) is 0 Å². The molecule has 1 saturated carbocycles. The summed E-state index contributed by atoms with van der Waals surface area (Å²) in [5.41, 5.74) is 2.77. The van der Waals surface area contributed by atoms with Crippen LogP contribution in [-0.2, 0) is 4.74 Å². The molecular formula is C18H24ClNO2. The first-order valence-corrected chi connectivity index (χ1v) is 8.39. The van der Waals surface area contributed by atoms with Crippen LogP contribution in [0.4, 0.5) is 0 Å². The van der Waals surface area contributed by atoms with Gasteiger partial charge in [0.1, 0.15) is 5.75 Å². The molecule has 1 aromatic carbocycles. The second kappa shape index (κ2) is 6.21. The fraction of sp³-hybridized carbons (Fsp3) is 0.611. The SMILES string of the molecule is COCCCOc1cc2c(cc1Cl)C=NC1[C@H]2CCC1(C)C. The predicted molar refractivity (Wildman–Crippen MR) is 90.6 cm³/mol. The molecule has 3 nitrogen and oxygen atoms in total. The number of ether oxygens (including phenoxy) is 2. The number of hydrogen-bond donors (Lipinski definition) is 0. The summed E-state index contributed by atoms with van der Waals surface area (Å²) >= 11 is 6.36. The molecule has 3 rings (SSSR count). The summed E-state index contributed by atoms with van der Waals surface area (Å²) in [5, 5.41) is 0.665. The lowest BCUT2D eigenvalue weighted by Gasteiger charge is -2.31. The average Bonchev–Trinajstić information content (AvgIpc) is 2.79. The molecule has 0 aromatic heterocycles. The molecule has 1 unspecified atom stereocenters. The third-order valence-corrected chi connectivity index (χ3v) is 5.24. The van der Waals surface area contributed by atoms with E-state index in [0.29, 0.717) is 30.2 Å². The van der Waals surface area contributed by atoms with Crippen LogP contribution in [0.5, 0.6) is 5.75 Å². The van der Waals surface area contributed by atoms with Gasteiger partial charge in [0, 0.05) is 32.3 Å². The third-order valence-electron chi connectivity index (χ3n) is 4.94. The first-order valence-electron chi connectivity index (χ1n) is 8.01. The number of benzene rings is 1. The largest absolute Gasteiger partial charge is 0.492 e. The Morgan fingerprint density at radius 3 is 2.91 bits per heavy atom. The number of methoxy groups -OCH3 is 1. The monoisotopic (exact) mass is 321 g/mol. The van der Waals surface area contributed by atoms with E-state index in [-0.39, 0.29) is 5.41 Å². The van der Waals surface area contributed by atoms with Gasteiger partial charge in [0.05, 0.1) is 17.7 Å². The van der Waals surface area contributed by atoms with Crippen LogP contribution in [-0.4, -0.2) is 32.6 Å². The number of aliphatic imine (C=N–C) groups is 1. The molecule has 120 valence electrons. The second-order valence-electron chi connectivity index (χ2n) is 6.96. The van der Waals surface area contributed by atoms with Crippen molar-refractivity contribution in [3.63, 3.8) is 0 Å². The Morgan fingerprint density at radius 1 is 1.32 bits per heavy atom. The molecule has 1 aromatic rings. The number of halogens is 1. The maximum absolute atomic E-state index is 6.36. The van der Waals surface area contributed by atoms with Crippen LogP contribution in [0.25, 0.3) is 0 Å². The molecule has 22 heavy (non-hydrogen) atoms. The molecule has 1 heterocycles. The van der Waals surface area contributed by atoms with Crippen LogP contribution < -0.4 is 4.74 Å². The highest BCUT2D eigenvalue weighted by atomic mass is 35.5. The summed E-state index contributed by atoms with van der Waals surface area (Å²) in [4.78, 5) is 4.80. The molecular weight excluding hydrogens is 298 g/mol. The molecule has 0 amide bonds. The van der Waals surface area contributed by atoms with Gasteiger partial charge in [-0.25, -0.2) is 0 Å². The van der Waals surface area contributed by atoms with Crippen molar-refractivity contribution >= 4 is 17.8 Å². The first kappa shape index (κ1) is 15.8. The van der Waals surface area contributed by atoms with E-state index < -0.39 is 0 Å². The third kappa shape index (κ3) is 2.89. The van der Waals surface area contributed by atoms with Gasteiger partial charge in [-0.1, -0.05) is 25.4 Å². The summed E-state index contributed by atoms with van der Waals surface area (Å²) in [5.74, 6) is 1.28. The summed E-state index contributed by atoms with van der Waals surface area (Å²) in [6.45, 7) is 5.96.